The van der Waals surface area contributed by atoms with Gasteiger partial charge in [0.2, 0.25) is 5.91 Å². The van der Waals surface area contributed by atoms with Crippen LogP contribution in [0.15, 0.2) is 78.9 Å². The van der Waals surface area contributed by atoms with E-state index in [9.17, 15) is 14.4 Å². The number of hydrogen-bond acceptors (Lipinski definition) is 4. The number of carboxylic acid groups (broad SMARTS) is 1. The monoisotopic (exact) mass is 576 g/mol. The second-order valence-electron chi connectivity index (χ2n) is 11.7. The van der Waals surface area contributed by atoms with Crippen LogP contribution in [0.5, 0.6) is 0 Å². The smallest absolute Gasteiger partial charge is 0.328 e. The second-order valence-corrected chi connectivity index (χ2v) is 11.7. The minimum atomic E-state index is -1.02. The zero-order valence-electron chi connectivity index (χ0n) is 24.1. The Morgan fingerprint density at radius 1 is 0.884 bits per heavy atom. The number of para-hydroxylation sites is 1. The van der Waals surface area contributed by atoms with Crippen molar-refractivity contribution in [2.75, 3.05) is 5.32 Å². The van der Waals surface area contributed by atoms with Crippen LogP contribution in [0.4, 0.5) is 5.69 Å². The van der Waals surface area contributed by atoms with E-state index in [1.54, 1.807) is 24.3 Å². The number of rotatable bonds is 8. The molecule has 2 amide bonds. The van der Waals surface area contributed by atoms with E-state index in [0.717, 1.165) is 48.3 Å². The van der Waals surface area contributed by atoms with Gasteiger partial charge in [-0.3, -0.25) is 9.59 Å². The Bertz CT molecular complexity index is 1660. The normalized spacial score (nSPS) is 16.8. The van der Waals surface area contributed by atoms with E-state index in [2.05, 4.69) is 27.4 Å². The van der Waals surface area contributed by atoms with E-state index in [-0.39, 0.29) is 11.8 Å². The quantitative estimate of drug-likeness (QED) is 0.199. The SMILES string of the molecule is O=C(O)/C=C/c1ccc(NC(=O)C2(NC(=O)c3ccc4c(C5CCCCC5)n(-c5ccccc5)nc4c3)CCCC2)cc1. The standard InChI is InChI=1S/C35H36N4O4/c40-31(41)20-15-24-13-17-27(18-14-24)36-34(43)35(21-7-8-22-35)37-33(42)26-16-19-29-30(23-26)38-39(28-11-5-2-6-12-28)32(29)25-9-3-1-4-10-25/h2,5-6,11-20,23,25H,1,3-4,7-10,21-22H2,(H,36,43)(H,37,42)(H,40,41)/b20-15+. The number of carbonyl (C=O) groups is 3. The molecule has 0 bridgehead atoms. The first-order valence-corrected chi connectivity index (χ1v) is 15.1. The third-order valence-corrected chi connectivity index (χ3v) is 8.80. The van der Waals surface area contributed by atoms with Crippen LogP contribution >= 0.6 is 0 Å². The summed E-state index contributed by atoms with van der Waals surface area (Å²) in [6.07, 6.45) is 11.3. The summed E-state index contributed by atoms with van der Waals surface area (Å²) in [4.78, 5) is 38.0. The van der Waals surface area contributed by atoms with Gasteiger partial charge in [-0.1, -0.05) is 68.5 Å². The lowest BCUT2D eigenvalue weighted by Crippen LogP contribution is -2.55. The Balaban J connectivity index is 1.24. The highest BCUT2D eigenvalue weighted by atomic mass is 16.4. The predicted octanol–water partition coefficient (Wildman–Crippen LogP) is 6.85. The molecule has 8 heteroatoms. The van der Waals surface area contributed by atoms with Gasteiger partial charge in [0, 0.05) is 28.6 Å². The van der Waals surface area contributed by atoms with E-state index in [4.69, 9.17) is 10.2 Å². The summed E-state index contributed by atoms with van der Waals surface area (Å²) in [5, 5.41) is 20.9. The van der Waals surface area contributed by atoms with Crippen molar-refractivity contribution in [3.63, 3.8) is 0 Å². The van der Waals surface area contributed by atoms with E-state index in [0.29, 0.717) is 35.6 Å². The molecule has 0 unspecified atom stereocenters. The minimum absolute atomic E-state index is 0.249. The summed E-state index contributed by atoms with van der Waals surface area (Å²) in [5.74, 6) is -1.14. The molecule has 0 radical (unpaired) electrons. The molecule has 3 aromatic carbocycles. The van der Waals surface area contributed by atoms with Gasteiger partial charge in [-0.15, -0.1) is 0 Å². The molecule has 0 spiro atoms. The summed E-state index contributed by atoms with van der Waals surface area (Å²) in [7, 11) is 0. The number of carbonyl (C=O) groups excluding carboxylic acids is 2. The predicted molar refractivity (Wildman–Crippen MR) is 167 cm³/mol. The van der Waals surface area contributed by atoms with E-state index in [1.807, 2.05) is 36.4 Å². The molecule has 2 aliphatic carbocycles. The highest BCUT2D eigenvalue weighted by molar-refractivity contribution is 6.05. The topological polar surface area (TPSA) is 113 Å². The van der Waals surface area contributed by atoms with Crippen molar-refractivity contribution in [3.05, 3.63) is 95.7 Å². The molecule has 4 aromatic rings. The molecule has 2 saturated carbocycles. The number of benzene rings is 3. The van der Waals surface area contributed by atoms with Gasteiger partial charge in [-0.05, 0) is 73.7 Å². The molecule has 8 nitrogen and oxygen atoms in total. The van der Waals surface area contributed by atoms with Gasteiger partial charge in [0.15, 0.2) is 0 Å². The molecule has 220 valence electrons. The van der Waals surface area contributed by atoms with Crippen molar-refractivity contribution in [1.82, 2.24) is 15.1 Å². The lowest BCUT2D eigenvalue weighted by atomic mass is 9.85. The van der Waals surface area contributed by atoms with Gasteiger partial charge in [0.25, 0.3) is 5.91 Å². The van der Waals surface area contributed by atoms with Gasteiger partial charge < -0.3 is 15.7 Å². The van der Waals surface area contributed by atoms with Crippen LogP contribution in [0.3, 0.4) is 0 Å². The Morgan fingerprint density at radius 3 is 2.30 bits per heavy atom. The fraction of sp³-hybridized carbons (Fsp3) is 0.314. The lowest BCUT2D eigenvalue weighted by Gasteiger charge is -2.29. The van der Waals surface area contributed by atoms with E-state index in [1.165, 1.54) is 31.0 Å². The van der Waals surface area contributed by atoms with Crippen LogP contribution in [0, 0.1) is 0 Å². The Labute approximate surface area is 250 Å². The first-order valence-electron chi connectivity index (χ1n) is 15.1. The molecule has 1 heterocycles. The van der Waals surface area contributed by atoms with Crippen molar-refractivity contribution in [3.8, 4) is 5.69 Å². The molecule has 0 saturated heterocycles. The van der Waals surface area contributed by atoms with Gasteiger partial charge in [0.05, 0.1) is 16.9 Å². The van der Waals surface area contributed by atoms with Gasteiger partial charge in [-0.25, -0.2) is 9.48 Å². The highest BCUT2D eigenvalue weighted by Gasteiger charge is 2.42. The maximum absolute atomic E-state index is 13.7. The summed E-state index contributed by atoms with van der Waals surface area (Å²) in [5.41, 5.74) is 3.77. The summed E-state index contributed by atoms with van der Waals surface area (Å²) in [6, 6.07) is 22.8. The number of fused-ring (bicyclic) bond motifs is 1. The van der Waals surface area contributed by atoms with Crippen molar-refractivity contribution < 1.29 is 19.5 Å². The largest absolute Gasteiger partial charge is 0.478 e. The number of hydrogen-bond donors (Lipinski definition) is 3. The number of carboxylic acids is 1. The van der Waals surface area contributed by atoms with Gasteiger partial charge in [0.1, 0.15) is 5.54 Å². The second kappa shape index (κ2) is 12.3. The summed E-state index contributed by atoms with van der Waals surface area (Å²) in [6.45, 7) is 0. The third-order valence-electron chi connectivity index (χ3n) is 8.80. The average Bonchev–Trinajstić information content (AvgIpc) is 3.67. The molecule has 2 fully saturated rings. The third kappa shape index (κ3) is 6.09. The number of aromatic nitrogens is 2. The van der Waals surface area contributed by atoms with Crippen LogP contribution < -0.4 is 10.6 Å². The van der Waals surface area contributed by atoms with Crippen molar-refractivity contribution in [2.24, 2.45) is 0 Å². The highest BCUT2D eigenvalue weighted by Crippen LogP contribution is 2.38. The number of aliphatic carboxylic acids is 1. The molecular formula is C35H36N4O4. The van der Waals surface area contributed by atoms with Crippen LogP contribution in [-0.4, -0.2) is 38.2 Å². The maximum Gasteiger partial charge on any atom is 0.328 e. The number of anilines is 1. The van der Waals surface area contributed by atoms with Crippen LogP contribution in [0.25, 0.3) is 22.7 Å². The molecular weight excluding hydrogens is 540 g/mol. The first-order chi connectivity index (χ1) is 20.9. The lowest BCUT2D eigenvalue weighted by molar-refractivity contribution is -0.131. The minimum Gasteiger partial charge on any atom is -0.478 e. The molecule has 0 atom stereocenters. The summed E-state index contributed by atoms with van der Waals surface area (Å²) < 4.78 is 2.05. The number of nitrogens with zero attached hydrogens (tertiary/aromatic N) is 2. The Kier molecular flexibility index (Phi) is 8.09. The zero-order chi connectivity index (χ0) is 29.8. The van der Waals surface area contributed by atoms with Crippen LogP contribution in [-0.2, 0) is 9.59 Å². The van der Waals surface area contributed by atoms with Crippen molar-refractivity contribution in [1.29, 1.82) is 0 Å². The van der Waals surface area contributed by atoms with Gasteiger partial charge >= 0.3 is 5.97 Å². The number of amides is 2. The Morgan fingerprint density at radius 2 is 1.60 bits per heavy atom. The average molecular weight is 577 g/mol. The van der Waals surface area contributed by atoms with Crippen LogP contribution in [0.2, 0.25) is 0 Å². The van der Waals surface area contributed by atoms with Gasteiger partial charge in [-0.2, -0.15) is 5.10 Å². The summed E-state index contributed by atoms with van der Waals surface area (Å²) >= 11 is 0. The molecule has 6 rings (SSSR count). The molecule has 43 heavy (non-hydrogen) atoms. The first kappa shape index (κ1) is 28.4. The Hall–Kier alpha value is -4.72. The van der Waals surface area contributed by atoms with Crippen molar-refractivity contribution >= 4 is 40.4 Å². The molecule has 0 aliphatic heterocycles. The molecule has 2 aliphatic rings. The maximum atomic E-state index is 13.7. The zero-order valence-corrected chi connectivity index (χ0v) is 24.1. The van der Waals surface area contributed by atoms with E-state index < -0.39 is 11.5 Å². The van der Waals surface area contributed by atoms with Crippen molar-refractivity contribution in [2.45, 2.75) is 69.2 Å². The van der Waals surface area contributed by atoms with E-state index >= 15 is 0 Å². The molecule has 1 aromatic heterocycles. The number of nitrogens with one attached hydrogen (secondary N) is 2. The fourth-order valence-corrected chi connectivity index (χ4v) is 6.56. The molecule has 3 N–H and O–H groups in total. The van der Waals surface area contributed by atoms with Crippen LogP contribution in [0.1, 0.15) is 85.3 Å². The fourth-order valence-electron chi connectivity index (χ4n) is 6.56.